The van der Waals surface area contributed by atoms with E-state index >= 15 is 0 Å². The van der Waals surface area contributed by atoms with Gasteiger partial charge in [-0.25, -0.2) is 9.67 Å². The van der Waals surface area contributed by atoms with Crippen LogP contribution in [-0.4, -0.2) is 43.5 Å². The maximum atomic E-state index is 13.4. The lowest BCUT2D eigenvalue weighted by Gasteiger charge is -2.34. The first-order valence-electron chi connectivity index (χ1n) is 12.8. The fourth-order valence-corrected chi connectivity index (χ4v) is 5.82. The van der Waals surface area contributed by atoms with Crippen molar-refractivity contribution in [3.8, 4) is 5.69 Å². The molecule has 0 bridgehead atoms. The number of fused-ring (bicyclic) bond motifs is 1. The number of imidazole rings is 1. The fraction of sp³-hybridized carbons (Fsp3) is 0.429. The van der Waals surface area contributed by atoms with Gasteiger partial charge in [-0.05, 0) is 56.9 Å². The molecule has 0 radical (unpaired) electrons. The summed E-state index contributed by atoms with van der Waals surface area (Å²) in [7, 11) is 1.97. The van der Waals surface area contributed by atoms with Gasteiger partial charge >= 0.3 is 0 Å². The topological polar surface area (TPSA) is 57.2 Å². The van der Waals surface area contributed by atoms with E-state index in [1.807, 2.05) is 42.1 Å². The molecule has 1 atom stereocenters. The lowest BCUT2D eigenvalue weighted by Crippen LogP contribution is -2.36. The van der Waals surface area contributed by atoms with Crippen molar-refractivity contribution in [2.75, 3.05) is 19.7 Å². The van der Waals surface area contributed by atoms with Crippen molar-refractivity contribution in [1.82, 2.24) is 23.8 Å². The Hall–Kier alpha value is -3.16. The van der Waals surface area contributed by atoms with E-state index in [0.717, 1.165) is 73.7 Å². The molecule has 2 saturated heterocycles. The van der Waals surface area contributed by atoms with Crippen LogP contribution in [0.2, 0.25) is 0 Å². The SMILES string of the molecule is Cc1c(CN2CCC(n3c(C4CCCO4)nc4ccccc43)CC2)c(=O)n(-c2ccccc2)n1C. The van der Waals surface area contributed by atoms with E-state index in [0.29, 0.717) is 12.6 Å². The van der Waals surface area contributed by atoms with Gasteiger partial charge in [0.05, 0.1) is 22.3 Å². The highest BCUT2D eigenvalue weighted by Crippen LogP contribution is 2.36. The van der Waals surface area contributed by atoms with Crippen LogP contribution in [0.4, 0.5) is 0 Å². The number of ether oxygens (including phenoxy) is 1. The molecule has 7 nitrogen and oxygen atoms in total. The summed E-state index contributed by atoms with van der Waals surface area (Å²) in [5, 5.41) is 0. The molecule has 35 heavy (non-hydrogen) atoms. The molecule has 0 aliphatic carbocycles. The van der Waals surface area contributed by atoms with Gasteiger partial charge in [0.25, 0.3) is 5.56 Å². The van der Waals surface area contributed by atoms with Gasteiger partial charge in [-0.2, -0.15) is 0 Å². The zero-order valence-corrected chi connectivity index (χ0v) is 20.6. The third-order valence-electron chi connectivity index (χ3n) is 7.82. The molecule has 6 rings (SSSR count). The number of likely N-dealkylation sites (tertiary alicyclic amines) is 1. The van der Waals surface area contributed by atoms with E-state index in [1.54, 1.807) is 4.68 Å². The number of nitrogens with zero attached hydrogens (tertiary/aromatic N) is 5. The summed E-state index contributed by atoms with van der Waals surface area (Å²) >= 11 is 0. The Balaban J connectivity index is 1.23. The lowest BCUT2D eigenvalue weighted by molar-refractivity contribution is 0.0971. The molecule has 2 aromatic heterocycles. The van der Waals surface area contributed by atoms with E-state index in [1.165, 1.54) is 5.52 Å². The Bertz CT molecular complexity index is 1390. The summed E-state index contributed by atoms with van der Waals surface area (Å²) in [5.74, 6) is 1.09. The molecule has 0 spiro atoms. The van der Waals surface area contributed by atoms with E-state index in [4.69, 9.17) is 9.72 Å². The Morgan fingerprint density at radius 3 is 2.49 bits per heavy atom. The molecule has 2 aromatic carbocycles. The highest BCUT2D eigenvalue weighted by Gasteiger charge is 2.30. The predicted octanol–water partition coefficient (Wildman–Crippen LogP) is 4.52. The second-order valence-corrected chi connectivity index (χ2v) is 9.88. The summed E-state index contributed by atoms with van der Waals surface area (Å²) in [4.78, 5) is 20.8. The molecular weight excluding hydrogens is 438 g/mol. The average molecular weight is 472 g/mol. The molecule has 0 amide bonds. The Kier molecular flexibility index (Phi) is 5.82. The molecule has 4 aromatic rings. The summed E-state index contributed by atoms with van der Waals surface area (Å²) < 4.78 is 12.3. The Morgan fingerprint density at radius 1 is 1.00 bits per heavy atom. The van der Waals surface area contributed by atoms with E-state index in [2.05, 4.69) is 40.7 Å². The second kappa shape index (κ2) is 9.13. The molecular formula is C28H33N5O2. The molecule has 1 unspecified atom stereocenters. The van der Waals surface area contributed by atoms with Crippen LogP contribution < -0.4 is 5.56 Å². The maximum Gasteiger partial charge on any atom is 0.276 e. The zero-order valence-electron chi connectivity index (χ0n) is 20.6. The van der Waals surface area contributed by atoms with Crippen LogP contribution in [0, 0.1) is 6.92 Å². The van der Waals surface area contributed by atoms with Crippen molar-refractivity contribution in [1.29, 1.82) is 0 Å². The third-order valence-corrected chi connectivity index (χ3v) is 7.82. The van der Waals surface area contributed by atoms with E-state index < -0.39 is 0 Å². The standard InChI is InChI=1S/C28H33N5O2/c1-20-23(28(34)33(30(20)2)22-9-4-3-5-10-22)19-31-16-14-21(15-17-31)32-25-12-7-6-11-24(25)29-27(32)26-13-8-18-35-26/h3-7,9-12,21,26H,8,13-19H2,1-2H3. The molecule has 2 aliphatic rings. The van der Waals surface area contributed by atoms with Gasteiger partial charge in [0, 0.05) is 45.0 Å². The molecule has 2 aliphatic heterocycles. The molecule has 2 fully saturated rings. The van der Waals surface area contributed by atoms with Gasteiger partial charge in [-0.3, -0.25) is 14.4 Å². The number of hydrogen-bond acceptors (Lipinski definition) is 4. The van der Waals surface area contributed by atoms with Crippen molar-refractivity contribution in [2.45, 2.75) is 51.3 Å². The number of aromatic nitrogens is 4. The van der Waals surface area contributed by atoms with Crippen LogP contribution in [0.5, 0.6) is 0 Å². The summed E-state index contributed by atoms with van der Waals surface area (Å²) in [6.07, 6.45) is 4.33. The van der Waals surface area contributed by atoms with E-state index in [-0.39, 0.29) is 11.7 Å². The van der Waals surface area contributed by atoms with Gasteiger partial charge in [0.2, 0.25) is 0 Å². The largest absolute Gasteiger partial charge is 0.370 e. The monoisotopic (exact) mass is 471 g/mol. The predicted molar refractivity (Wildman–Crippen MR) is 137 cm³/mol. The van der Waals surface area contributed by atoms with Crippen molar-refractivity contribution >= 4 is 11.0 Å². The van der Waals surface area contributed by atoms with Crippen molar-refractivity contribution in [3.05, 3.63) is 82.0 Å². The smallest absolute Gasteiger partial charge is 0.276 e. The summed E-state index contributed by atoms with van der Waals surface area (Å²) in [5.41, 5.74) is 5.18. The quantitative estimate of drug-likeness (QED) is 0.429. The highest BCUT2D eigenvalue weighted by atomic mass is 16.5. The van der Waals surface area contributed by atoms with Gasteiger partial charge in [0.1, 0.15) is 11.9 Å². The minimum atomic E-state index is 0.0830. The van der Waals surface area contributed by atoms with Crippen molar-refractivity contribution in [3.63, 3.8) is 0 Å². The van der Waals surface area contributed by atoms with Gasteiger partial charge in [-0.1, -0.05) is 30.3 Å². The highest BCUT2D eigenvalue weighted by molar-refractivity contribution is 5.76. The first-order chi connectivity index (χ1) is 17.1. The van der Waals surface area contributed by atoms with Crippen LogP contribution in [0.25, 0.3) is 16.7 Å². The molecule has 7 heteroatoms. The minimum Gasteiger partial charge on any atom is -0.370 e. The van der Waals surface area contributed by atoms with Crippen LogP contribution in [0.3, 0.4) is 0 Å². The van der Waals surface area contributed by atoms with Crippen LogP contribution in [0.15, 0.2) is 59.4 Å². The molecule has 4 heterocycles. The first-order valence-corrected chi connectivity index (χ1v) is 12.8. The van der Waals surface area contributed by atoms with Crippen LogP contribution in [0.1, 0.15) is 54.9 Å². The van der Waals surface area contributed by atoms with Gasteiger partial charge in [0.15, 0.2) is 0 Å². The van der Waals surface area contributed by atoms with Gasteiger partial charge < -0.3 is 9.30 Å². The van der Waals surface area contributed by atoms with Crippen molar-refractivity contribution < 1.29 is 4.74 Å². The molecule has 0 saturated carbocycles. The summed E-state index contributed by atoms with van der Waals surface area (Å²) in [6.45, 7) is 5.48. The number of rotatable bonds is 5. The van der Waals surface area contributed by atoms with Crippen LogP contribution >= 0.6 is 0 Å². The first kappa shape index (κ1) is 22.3. The third kappa shape index (κ3) is 3.93. The fourth-order valence-electron chi connectivity index (χ4n) is 5.82. The molecule has 182 valence electrons. The number of piperidine rings is 1. The van der Waals surface area contributed by atoms with E-state index in [9.17, 15) is 4.79 Å². The van der Waals surface area contributed by atoms with Gasteiger partial charge in [-0.15, -0.1) is 0 Å². The number of para-hydroxylation sites is 3. The normalized spacial score (nSPS) is 19.7. The second-order valence-electron chi connectivity index (χ2n) is 9.88. The van der Waals surface area contributed by atoms with Crippen LogP contribution in [-0.2, 0) is 18.3 Å². The number of hydrogen-bond donors (Lipinski definition) is 0. The Morgan fingerprint density at radius 2 is 1.74 bits per heavy atom. The maximum absolute atomic E-state index is 13.4. The summed E-state index contributed by atoms with van der Waals surface area (Å²) in [6, 6.07) is 18.7. The minimum absolute atomic E-state index is 0.0830. The zero-order chi connectivity index (χ0) is 23.9. The molecule has 0 N–H and O–H groups in total. The average Bonchev–Trinajstić information content (AvgIpc) is 3.60. The number of benzene rings is 2. The lowest BCUT2D eigenvalue weighted by atomic mass is 10.0. The Labute approximate surface area is 205 Å². The van der Waals surface area contributed by atoms with Crippen molar-refractivity contribution in [2.24, 2.45) is 7.05 Å².